The van der Waals surface area contributed by atoms with E-state index in [-0.39, 0.29) is 42.5 Å². The number of hydrogen-bond acceptors (Lipinski definition) is 4. The molecule has 2 heterocycles. The van der Waals surface area contributed by atoms with Crippen LogP contribution in [0.15, 0.2) is 4.99 Å². The second-order valence-corrected chi connectivity index (χ2v) is 5.55. The highest BCUT2D eigenvalue weighted by atomic mass is 127. The average molecular weight is 439 g/mol. The normalized spacial score (nSPS) is 21.2. The van der Waals surface area contributed by atoms with E-state index in [4.69, 9.17) is 4.74 Å². The number of carbonyl (C=O) groups is 2. The maximum atomic E-state index is 11.5. The van der Waals surface area contributed by atoms with Gasteiger partial charge in [0.15, 0.2) is 5.96 Å². The Kier molecular flexibility index (Phi) is 8.59. The van der Waals surface area contributed by atoms with Gasteiger partial charge in [-0.1, -0.05) is 0 Å². The molecule has 1 unspecified atom stereocenters. The van der Waals surface area contributed by atoms with Crippen molar-refractivity contribution in [1.82, 2.24) is 20.4 Å². The second kappa shape index (κ2) is 9.91. The summed E-state index contributed by atoms with van der Waals surface area (Å²) in [6.07, 6.45) is 1.08. The Balaban J connectivity index is 0.00000264. The standard InChI is InChI=1S/C14H25N5O3.HI/c1-3-15-13(18(2)9-11-4-7-22-10-11)16-5-6-19-12(20)8-17-14(19)21;/h11H,3-10H2,1-2H3,(H,15,16)(H,17,21);1H. The molecule has 1 atom stereocenters. The monoisotopic (exact) mass is 439 g/mol. The molecule has 8 nitrogen and oxygen atoms in total. The molecule has 132 valence electrons. The van der Waals surface area contributed by atoms with E-state index in [0.717, 1.165) is 38.7 Å². The number of nitrogens with zero attached hydrogens (tertiary/aromatic N) is 3. The minimum Gasteiger partial charge on any atom is -0.381 e. The molecule has 0 spiro atoms. The van der Waals surface area contributed by atoms with E-state index in [1.165, 1.54) is 4.90 Å². The third kappa shape index (κ3) is 5.79. The van der Waals surface area contributed by atoms with Crippen LogP contribution >= 0.6 is 24.0 Å². The molecule has 0 aliphatic carbocycles. The van der Waals surface area contributed by atoms with Gasteiger partial charge in [0, 0.05) is 32.7 Å². The van der Waals surface area contributed by atoms with Crippen LogP contribution in [0.2, 0.25) is 0 Å². The Labute approximate surface area is 154 Å². The Hall–Kier alpha value is -1.10. The van der Waals surface area contributed by atoms with Gasteiger partial charge in [-0.3, -0.25) is 14.7 Å². The first kappa shape index (κ1) is 19.9. The number of rotatable bonds is 6. The van der Waals surface area contributed by atoms with Gasteiger partial charge >= 0.3 is 6.03 Å². The quantitative estimate of drug-likeness (QED) is 0.265. The molecule has 0 aromatic rings. The Bertz CT molecular complexity index is 424. The van der Waals surface area contributed by atoms with Crippen LogP contribution in [0.3, 0.4) is 0 Å². The van der Waals surface area contributed by atoms with Gasteiger partial charge < -0.3 is 20.3 Å². The zero-order valence-corrected chi connectivity index (χ0v) is 16.0. The maximum Gasteiger partial charge on any atom is 0.324 e. The Morgan fingerprint density at radius 3 is 2.87 bits per heavy atom. The summed E-state index contributed by atoms with van der Waals surface area (Å²) >= 11 is 0. The second-order valence-electron chi connectivity index (χ2n) is 5.55. The van der Waals surface area contributed by atoms with Gasteiger partial charge in [-0.05, 0) is 13.3 Å². The lowest BCUT2D eigenvalue weighted by atomic mass is 10.1. The fourth-order valence-corrected chi connectivity index (χ4v) is 2.61. The van der Waals surface area contributed by atoms with Gasteiger partial charge in [0.1, 0.15) is 0 Å². The van der Waals surface area contributed by atoms with E-state index in [0.29, 0.717) is 19.0 Å². The van der Waals surface area contributed by atoms with Crippen LogP contribution in [0.25, 0.3) is 0 Å². The molecular weight excluding hydrogens is 413 g/mol. The van der Waals surface area contributed by atoms with Gasteiger partial charge in [-0.15, -0.1) is 24.0 Å². The van der Waals surface area contributed by atoms with Crippen LogP contribution in [-0.4, -0.2) is 80.7 Å². The first-order valence-corrected chi connectivity index (χ1v) is 7.77. The van der Waals surface area contributed by atoms with Crippen molar-refractivity contribution < 1.29 is 14.3 Å². The number of aliphatic imine (C=N–C) groups is 1. The smallest absolute Gasteiger partial charge is 0.324 e. The molecule has 2 saturated heterocycles. The van der Waals surface area contributed by atoms with E-state index >= 15 is 0 Å². The number of hydrogen-bond donors (Lipinski definition) is 2. The zero-order valence-electron chi connectivity index (χ0n) is 13.7. The number of nitrogens with one attached hydrogen (secondary N) is 2. The number of carbonyl (C=O) groups excluding carboxylic acids is 2. The highest BCUT2D eigenvalue weighted by Gasteiger charge is 2.27. The van der Waals surface area contributed by atoms with Crippen molar-refractivity contribution in [2.75, 3.05) is 53.0 Å². The van der Waals surface area contributed by atoms with Crippen molar-refractivity contribution >= 4 is 41.9 Å². The van der Waals surface area contributed by atoms with Crippen LogP contribution in [0.4, 0.5) is 4.79 Å². The minimum absolute atomic E-state index is 0. The zero-order chi connectivity index (χ0) is 15.9. The molecule has 2 rings (SSSR count). The van der Waals surface area contributed by atoms with E-state index in [1.54, 1.807) is 0 Å². The molecule has 0 radical (unpaired) electrons. The first-order chi connectivity index (χ1) is 10.6. The van der Waals surface area contributed by atoms with Crippen LogP contribution in [-0.2, 0) is 9.53 Å². The van der Waals surface area contributed by atoms with Gasteiger partial charge in [0.25, 0.3) is 0 Å². The fourth-order valence-electron chi connectivity index (χ4n) is 2.61. The maximum absolute atomic E-state index is 11.5. The molecule has 23 heavy (non-hydrogen) atoms. The summed E-state index contributed by atoms with van der Waals surface area (Å²) in [4.78, 5) is 30.7. The van der Waals surface area contributed by atoms with E-state index in [1.807, 2.05) is 14.0 Å². The summed E-state index contributed by atoms with van der Waals surface area (Å²) in [6.45, 7) is 6.09. The highest BCUT2D eigenvalue weighted by molar-refractivity contribution is 14.0. The van der Waals surface area contributed by atoms with Gasteiger partial charge in [0.05, 0.1) is 26.2 Å². The SMILES string of the molecule is CCNC(=NCCN1C(=O)CNC1=O)N(C)CC1CCOC1.I. The van der Waals surface area contributed by atoms with Gasteiger partial charge in [-0.2, -0.15) is 0 Å². The molecule has 0 bridgehead atoms. The topological polar surface area (TPSA) is 86.3 Å². The molecule has 9 heteroatoms. The van der Waals surface area contributed by atoms with Gasteiger partial charge in [-0.25, -0.2) is 4.79 Å². The largest absolute Gasteiger partial charge is 0.381 e. The molecular formula is C14H26IN5O3. The van der Waals surface area contributed by atoms with Crippen molar-refractivity contribution in [3.05, 3.63) is 0 Å². The highest BCUT2D eigenvalue weighted by Crippen LogP contribution is 2.13. The lowest BCUT2D eigenvalue weighted by Gasteiger charge is -2.24. The lowest BCUT2D eigenvalue weighted by molar-refractivity contribution is -0.124. The van der Waals surface area contributed by atoms with Crippen molar-refractivity contribution in [2.24, 2.45) is 10.9 Å². The molecule has 0 aromatic heterocycles. The fraction of sp³-hybridized carbons (Fsp3) is 0.786. The third-order valence-corrected chi connectivity index (χ3v) is 3.77. The van der Waals surface area contributed by atoms with Gasteiger partial charge in [0.2, 0.25) is 5.91 Å². The number of halogens is 1. The molecule has 2 aliphatic heterocycles. The summed E-state index contributed by atoms with van der Waals surface area (Å²) in [5.41, 5.74) is 0. The average Bonchev–Trinajstić information content (AvgIpc) is 3.10. The van der Waals surface area contributed by atoms with Crippen LogP contribution in [0.1, 0.15) is 13.3 Å². The predicted molar refractivity (Wildman–Crippen MR) is 98.1 cm³/mol. The molecule has 2 N–H and O–H groups in total. The molecule has 0 saturated carbocycles. The van der Waals surface area contributed by atoms with Crippen molar-refractivity contribution in [1.29, 1.82) is 0 Å². The number of guanidine groups is 1. The molecule has 2 fully saturated rings. The number of amides is 3. The molecule has 3 amide bonds. The van der Waals surface area contributed by atoms with Crippen LogP contribution in [0, 0.1) is 5.92 Å². The van der Waals surface area contributed by atoms with Crippen LogP contribution < -0.4 is 10.6 Å². The Morgan fingerprint density at radius 2 is 2.30 bits per heavy atom. The number of ether oxygens (including phenoxy) is 1. The predicted octanol–water partition coefficient (Wildman–Crippen LogP) is 0.0900. The van der Waals surface area contributed by atoms with E-state index < -0.39 is 0 Å². The van der Waals surface area contributed by atoms with E-state index in [2.05, 4.69) is 20.5 Å². The number of imide groups is 1. The molecule has 2 aliphatic rings. The summed E-state index contributed by atoms with van der Waals surface area (Å²) in [7, 11) is 1.99. The van der Waals surface area contributed by atoms with E-state index in [9.17, 15) is 9.59 Å². The summed E-state index contributed by atoms with van der Waals surface area (Å²) < 4.78 is 5.39. The minimum atomic E-state index is -0.332. The van der Waals surface area contributed by atoms with Crippen molar-refractivity contribution in [3.8, 4) is 0 Å². The summed E-state index contributed by atoms with van der Waals surface area (Å²) in [6, 6.07) is -0.332. The third-order valence-electron chi connectivity index (χ3n) is 3.77. The van der Waals surface area contributed by atoms with Crippen molar-refractivity contribution in [2.45, 2.75) is 13.3 Å². The molecule has 0 aromatic carbocycles. The first-order valence-electron chi connectivity index (χ1n) is 7.77. The van der Waals surface area contributed by atoms with Crippen molar-refractivity contribution in [3.63, 3.8) is 0 Å². The summed E-state index contributed by atoms with van der Waals surface area (Å²) in [5, 5.41) is 5.74. The van der Waals surface area contributed by atoms with Crippen LogP contribution in [0.5, 0.6) is 0 Å². The summed E-state index contributed by atoms with van der Waals surface area (Å²) in [5.74, 6) is 1.13. The number of urea groups is 1. The lowest BCUT2D eigenvalue weighted by Crippen LogP contribution is -2.42. The Morgan fingerprint density at radius 1 is 1.52 bits per heavy atom.